The zero-order valence-electron chi connectivity index (χ0n) is 17.6. The highest BCUT2D eigenvalue weighted by molar-refractivity contribution is 7.99. The third-order valence-corrected chi connectivity index (χ3v) is 6.90. The molecular formula is C20H27N3O8S. The lowest BCUT2D eigenvalue weighted by molar-refractivity contribution is -0.352. The Morgan fingerprint density at radius 3 is 2.53 bits per heavy atom. The highest BCUT2D eigenvalue weighted by Gasteiger charge is 2.52. The van der Waals surface area contributed by atoms with Crippen LogP contribution in [0.15, 0.2) is 40.3 Å². The molecule has 0 saturated carbocycles. The van der Waals surface area contributed by atoms with Crippen LogP contribution in [0.25, 0.3) is 10.4 Å². The van der Waals surface area contributed by atoms with Gasteiger partial charge in [0.1, 0.15) is 42.0 Å². The molecule has 12 heteroatoms. The van der Waals surface area contributed by atoms with E-state index < -0.39 is 66.8 Å². The molecule has 1 aromatic carbocycles. The Labute approximate surface area is 189 Å². The Kier molecular flexibility index (Phi) is 7.58. The van der Waals surface area contributed by atoms with Crippen LogP contribution in [0, 0.1) is 0 Å². The molecular weight excluding hydrogens is 442 g/mol. The van der Waals surface area contributed by atoms with Crippen LogP contribution in [0.5, 0.6) is 0 Å². The van der Waals surface area contributed by atoms with Gasteiger partial charge in [0.05, 0.1) is 18.8 Å². The van der Waals surface area contributed by atoms with E-state index >= 15 is 0 Å². The van der Waals surface area contributed by atoms with Crippen LogP contribution in [-0.2, 0) is 23.7 Å². The van der Waals surface area contributed by atoms with Crippen molar-refractivity contribution < 1.29 is 39.0 Å². The summed E-state index contributed by atoms with van der Waals surface area (Å²) in [6.07, 6.45) is -8.52. The summed E-state index contributed by atoms with van der Waals surface area (Å²) in [5.41, 5.74) is 8.27. The molecule has 3 saturated heterocycles. The minimum atomic E-state index is -1.30. The predicted octanol–water partition coefficient (Wildman–Crippen LogP) is 1.16. The number of fused-ring (bicyclic) bond motifs is 1. The van der Waals surface area contributed by atoms with Gasteiger partial charge in [0.15, 0.2) is 12.6 Å². The van der Waals surface area contributed by atoms with Crippen molar-refractivity contribution >= 4 is 11.8 Å². The second-order valence-electron chi connectivity index (χ2n) is 7.95. The number of hydrogen-bond donors (Lipinski definition) is 3. The number of hydrogen-bond acceptors (Lipinski definition) is 10. The minimum Gasteiger partial charge on any atom is -0.390 e. The average molecular weight is 470 g/mol. The standard InChI is InChI=1S/C20H27N3O8S/c1-9-17(15(25)16(26)20(28-9)32-11-6-4-3-5-7-11)31-19-13(22-23-21)14(24)18-12(30-19)8-27-10(2)29-18/h3-7,9-10,12-20,24-26H,8H2,1-2H3/t9?,10?,12?,13?,14-,15+,16?,17-,18-,19-,20+/m1/s1. The number of thioether (sulfide) groups is 1. The molecule has 3 heterocycles. The monoisotopic (exact) mass is 469 g/mol. The zero-order valence-corrected chi connectivity index (χ0v) is 18.4. The number of rotatable bonds is 5. The van der Waals surface area contributed by atoms with Crippen LogP contribution >= 0.6 is 11.8 Å². The molecule has 3 N–H and O–H groups in total. The van der Waals surface area contributed by atoms with Gasteiger partial charge in [-0.15, -0.1) is 0 Å². The van der Waals surface area contributed by atoms with Crippen LogP contribution in [0.2, 0.25) is 0 Å². The molecule has 11 atom stereocenters. The maximum atomic E-state index is 10.8. The Bertz CT molecular complexity index is 815. The number of aliphatic hydroxyl groups is 3. The second kappa shape index (κ2) is 10.2. The van der Waals surface area contributed by atoms with Gasteiger partial charge in [-0.1, -0.05) is 35.1 Å². The number of benzene rings is 1. The topological polar surface area (TPSA) is 156 Å². The first kappa shape index (κ1) is 23.7. The van der Waals surface area contributed by atoms with E-state index in [-0.39, 0.29) is 6.61 Å². The summed E-state index contributed by atoms with van der Waals surface area (Å²) in [4.78, 5) is 3.68. The molecule has 4 rings (SSSR count). The molecule has 3 aliphatic rings. The fraction of sp³-hybridized carbons (Fsp3) is 0.700. The number of azide groups is 1. The highest BCUT2D eigenvalue weighted by Crippen LogP contribution is 2.37. The fourth-order valence-corrected chi connectivity index (χ4v) is 5.19. The minimum absolute atomic E-state index is 0.156. The van der Waals surface area contributed by atoms with Gasteiger partial charge >= 0.3 is 0 Å². The van der Waals surface area contributed by atoms with Crippen molar-refractivity contribution in [2.75, 3.05) is 6.61 Å². The normalized spacial score (nSPS) is 44.3. The van der Waals surface area contributed by atoms with E-state index in [1.165, 1.54) is 11.8 Å². The first-order chi connectivity index (χ1) is 15.4. The Morgan fingerprint density at radius 1 is 1.06 bits per heavy atom. The highest BCUT2D eigenvalue weighted by atomic mass is 32.2. The van der Waals surface area contributed by atoms with Crippen molar-refractivity contribution in [3.8, 4) is 0 Å². The summed E-state index contributed by atoms with van der Waals surface area (Å²) in [5.74, 6) is 0. The zero-order chi connectivity index (χ0) is 22.8. The smallest absolute Gasteiger partial charge is 0.169 e. The molecule has 0 spiro atoms. The Balaban J connectivity index is 1.46. The van der Waals surface area contributed by atoms with E-state index in [0.717, 1.165) is 4.90 Å². The predicted molar refractivity (Wildman–Crippen MR) is 111 cm³/mol. The number of ether oxygens (including phenoxy) is 5. The first-order valence-corrected chi connectivity index (χ1v) is 11.3. The van der Waals surface area contributed by atoms with Gasteiger partial charge in [-0.2, -0.15) is 0 Å². The lowest BCUT2D eigenvalue weighted by Gasteiger charge is -2.48. The van der Waals surface area contributed by atoms with Gasteiger partial charge in [-0.05, 0) is 31.5 Å². The molecule has 1 aromatic rings. The van der Waals surface area contributed by atoms with Crippen LogP contribution in [-0.4, -0.2) is 88.7 Å². The summed E-state index contributed by atoms with van der Waals surface area (Å²) in [6.45, 7) is 3.55. The Morgan fingerprint density at radius 2 is 1.81 bits per heavy atom. The second-order valence-corrected chi connectivity index (χ2v) is 9.12. The molecule has 3 aliphatic heterocycles. The van der Waals surface area contributed by atoms with Gasteiger partial charge in [-0.3, -0.25) is 0 Å². The van der Waals surface area contributed by atoms with Crippen molar-refractivity contribution in [3.05, 3.63) is 40.8 Å². The van der Waals surface area contributed by atoms with Crippen LogP contribution in [0.4, 0.5) is 0 Å². The SMILES string of the molecule is CC1OCC2O[C@H](O[C@@H]3C(C)O[C@@H](Sc4ccccc4)C(O)[C@@H]3O)C(N=[N+]=[N-])[C@@H](O)[C@@H]2O1. The molecule has 32 heavy (non-hydrogen) atoms. The largest absolute Gasteiger partial charge is 0.390 e. The average Bonchev–Trinajstić information content (AvgIpc) is 2.78. The maximum absolute atomic E-state index is 10.8. The molecule has 0 radical (unpaired) electrons. The lowest BCUT2D eigenvalue weighted by Crippen LogP contribution is -2.64. The van der Waals surface area contributed by atoms with E-state index in [4.69, 9.17) is 29.2 Å². The summed E-state index contributed by atoms with van der Waals surface area (Å²) in [5, 5.41) is 35.9. The quantitative estimate of drug-likeness (QED) is 0.327. The molecule has 0 amide bonds. The molecule has 176 valence electrons. The van der Waals surface area contributed by atoms with E-state index in [1.54, 1.807) is 13.8 Å². The summed E-state index contributed by atoms with van der Waals surface area (Å²) in [6, 6.07) is 8.27. The van der Waals surface area contributed by atoms with Crippen LogP contribution in [0.3, 0.4) is 0 Å². The van der Waals surface area contributed by atoms with E-state index in [0.29, 0.717) is 0 Å². The fourth-order valence-electron chi connectivity index (χ4n) is 4.07. The molecule has 3 fully saturated rings. The third kappa shape index (κ3) is 4.90. The van der Waals surface area contributed by atoms with Crippen molar-refractivity contribution in [2.45, 2.75) is 85.5 Å². The first-order valence-electron chi connectivity index (χ1n) is 10.4. The molecule has 11 nitrogen and oxygen atoms in total. The third-order valence-electron chi connectivity index (χ3n) is 5.73. The molecule has 0 bridgehead atoms. The van der Waals surface area contributed by atoms with Crippen molar-refractivity contribution in [1.82, 2.24) is 0 Å². The van der Waals surface area contributed by atoms with Gasteiger partial charge in [0.2, 0.25) is 0 Å². The van der Waals surface area contributed by atoms with Crippen molar-refractivity contribution in [1.29, 1.82) is 0 Å². The van der Waals surface area contributed by atoms with Gasteiger partial charge in [0.25, 0.3) is 0 Å². The van der Waals surface area contributed by atoms with E-state index in [1.807, 2.05) is 30.3 Å². The maximum Gasteiger partial charge on any atom is 0.169 e. The van der Waals surface area contributed by atoms with Crippen molar-refractivity contribution in [2.24, 2.45) is 5.11 Å². The number of aliphatic hydroxyl groups excluding tert-OH is 3. The number of nitrogens with zero attached hydrogens (tertiary/aromatic N) is 3. The summed E-state index contributed by atoms with van der Waals surface area (Å²) >= 11 is 1.29. The van der Waals surface area contributed by atoms with Crippen molar-refractivity contribution in [3.63, 3.8) is 0 Å². The van der Waals surface area contributed by atoms with Crippen LogP contribution in [0.1, 0.15) is 13.8 Å². The van der Waals surface area contributed by atoms with E-state index in [2.05, 4.69) is 10.0 Å². The Hall–Kier alpha value is -1.44. The lowest BCUT2D eigenvalue weighted by atomic mass is 9.96. The van der Waals surface area contributed by atoms with E-state index in [9.17, 15) is 15.3 Å². The van der Waals surface area contributed by atoms with Gasteiger partial charge < -0.3 is 39.0 Å². The summed E-state index contributed by atoms with van der Waals surface area (Å²) in [7, 11) is 0. The molecule has 0 aliphatic carbocycles. The molecule has 5 unspecified atom stereocenters. The van der Waals surface area contributed by atoms with Gasteiger partial charge in [-0.25, -0.2) is 0 Å². The molecule has 0 aromatic heterocycles. The van der Waals surface area contributed by atoms with Crippen LogP contribution < -0.4 is 0 Å². The summed E-state index contributed by atoms with van der Waals surface area (Å²) < 4.78 is 28.8. The van der Waals surface area contributed by atoms with Gasteiger partial charge in [0, 0.05) is 9.81 Å².